The number of carbonyl (C=O) groups is 1. The van der Waals surface area contributed by atoms with Gasteiger partial charge in [-0.3, -0.25) is 4.79 Å². The second-order valence-corrected chi connectivity index (χ2v) is 6.81. The second kappa shape index (κ2) is 6.40. The number of rotatable bonds is 4. The van der Waals surface area contributed by atoms with Crippen molar-refractivity contribution in [1.29, 1.82) is 0 Å². The molecule has 0 bridgehead atoms. The lowest BCUT2D eigenvalue weighted by atomic mass is 10.2. The highest BCUT2D eigenvalue weighted by Gasteiger charge is 2.15. The van der Waals surface area contributed by atoms with Crippen LogP contribution in [0.15, 0.2) is 9.72 Å². The Morgan fingerprint density at radius 1 is 1.41 bits per heavy atom. The Hall–Kier alpha value is -0.550. The van der Waals surface area contributed by atoms with Crippen LogP contribution in [0.3, 0.4) is 0 Å². The van der Waals surface area contributed by atoms with Crippen molar-refractivity contribution in [3.8, 4) is 0 Å². The summed E-state index contributed by atoms with van der Waals surface area (Å²) in [5.74, 6) is -0.804. The van der Waals surface area contributed by atoms with Gasteiger partial charge in [0, 0.05) is 10.6 Å². The molecule has 1 fully saturated rings. The number of thioether (sulfide) groups is 1. The third kappa shape index (κ3) is 4.32. The molecule has 0 unspecified atom stereocenters. The van der Waals surface area contributed by atoms with Gasteiger partial charge in [-0.25, -0.2) is 4.98 Å². The first kappa shape index (κ1) is 12.9. The van der Waals surface area contributed by atoms with Crippen LogP contribution < -0.4 is 0 Å². The highest BCUT2D eigenvalue weighted by Crippen LogP contribution is 2.34. The van der Waals surface area contributed by atoms with Crippen LogP contribution in [0.4, 0.5) is 0 Å². The van der Waals surface area contributed by atoms with E-state index in [1.54, 1.807) is 11.3 Å². The lowest BCUT2D eigenvalue weighted by Crippen LogP contribution is -2.01. The van der Waals surface area contributed by atoms with Crippen LogP contribution in [0.2, 0.25) is 0 Å². The molecule has 0 saturated heterocycles. The van der Waals surface area contributed by atoms with Gasteiger partial charge in [-0.05, 0) is 12.8 Å². The zero-order chi connectivity index (χ0) is 12.1. The van der Waals surface area contributed by atoms with Crippen molar-refractivity contribution in [2.75, 3.05) is 0 Å². The number of aromatic nitrogens is 1. The van der Waals surface area contributed by atoms with E-state index in [0.717, 1.165) is 4.34 Å². The lowest BCUT2D eigenvalue weighted by Gasteiger charge is -2.10. The van der Waals surface area contributed by atoms with Crippen molar-refractivity contribution in [2.24, 2.45) is 0 Å². The minimum absolute atomic E-state index is 0.0434. The van der Waals surface area contributed by atoms with Crippen LogP contribution >= 0.6 is 23.1 Å². The third-order valence-corrected chi connectivity index (χ3v) is 5.29. The van der Waals surface area contributed by atoms with Gasteiger partial charge in [-0.15, -0.1) is 11.3 Å². The third-order valence-electron chi connectivity index (χ3n) is 2.93. The van der Waals surface area contributed by atoms with Crippen LogP contribution in [0, 0.1) is 0 Å². The predicted molar refractivity (Wildman–Crippen MR) is 70.8 cm³/mol. The van der Waals surface area contributed by atoms with Gasteiger partial charge in [0.15, 0.2) is 0 Å². The van der Waals surface area contributed by atoms with Gasteiger partial charge in [0.1, 0.15) is 4.34 Å². The molecule has 0 spiro atoms. The summed E-state index contributed by atoms with van der Waals surface area (Å²) >= 11 is 3.42. The first-order valence-electron chi connectivity index (χ1n) is 6.07. The number of carboxylic acids is 1. The summed E-state index contributed by atoms with van der Waals surface area (Å²) in [6.45, 7) is 0. The fourth-order valence-corrected chi connectivity index (χ4v) is 4.42. The Labute approximate surface area is 110 Å². The Kier molecular flexibility index (Phi) is 4.86. The second-order valence-electron chi connectivity index (χ2n) is 4.41. The normalized spacial score (nSPS) is 17.9. The fourth-order valence-electron chi connectivity index (χ4n) is 2.08. The minimum atomic E-state index is -0.804. The smallest absolute Gasteiger partial charge is 0.309 e. The van der Waals surface area contributed by atoms with Crippen LogP contribution in [0.1, 0.15) is 44.2 Å². The molecule has 17 heavy (non-hydrogen) atoms. The molecular weight excluding hydrogens is 254 g/mol. The molecule has 0 radical (unpaired) electrons. The SMILES string of the molecule is O=C(O)Cc1csc(SC2CCCCCC2)n1. The molecule has 1 heterocycles. The highest BCUT2D eigenvalue weighted by atomic mass is 32.2. The van der Waals surface area contributed by atoms with Gasteiger partial charge in [0.2, 0.25) is 0 Å². The molecule has 1 aliphatic rings. The number of hydrogen-bond acceptors (Lipinski definition) is 4. The number of aliphatic carboxylic acids is 1. The van der Waals surface area contributed by atoms with E-state index in [1.165, 1.54) is 38.5 Å². The van der Waals surface area contributed by atoms with Crippen LogP contribution in [-0.2, 0) is 11.2 Å². The minimum Gasteiger partial charge on any atom is -0.481 e. The van der Waals surface area contributed by atoms with E-state index in [0.29, 0.717) is 10.9 Å². The summed E-state index contributed by atoms with van der Waals surface area (Å²) in [6, 6.07) is 0. The monoisotopic (exact) mass is 271 g/mol. The zero-order valence-corrected chi connectivity index (χ0v) is 11.4. The molecule has 0 atom stereocenters. The van der Waals surface area contributed by atoms with Crippen LogP contribution in [-0.4, -0.2) is 21.3 Å². The molecule has 2 rings (SSSR count). The van der Waals surface area contributed by atoms with E-state index < -0.39 is 5.97 Å². The Morgan fingerprint density at radius 3 is 2.76 bits per heavy atom. The average Bonchev–Trinajstić information content (AvgIpc) is 2.54. The summed E-state index contributed by atoms with van der Waals surface area (Å²) in [6.07, 6.45) is 7.97. The number of nitrogens with zero attached hydrogens (tertiary/aromatic N) is 1. The molecule has 5 heteroatoms. The first-order valence-corrected chi connectivity index (χ1v) is 7.83. The van der Waals surface area contributed by atoms with E-state index >= 15 is 0 Å². The predicted octanol–water partition coefficient (Wildman–Crippen LogP) is 3.59. The van der Waals surface area contributed by atoms with E-state index in [4.69, 9.17) is 5.11 Å². The first-order chi connectivity index (χ1) is 8.24. The maximum absolute atomic E-state index is 10.6. The molecule has 1 aromatic heterocycles. The summed E-state index contributed by atoms with van der Waals surface area (Å²) < 4.78 is 1.04. The maximum atomic E-state index is 10.6. The number of hydrogen-bond donors (Lipinski definition) is 1. The summed E-state index contributed by atoms with van der Waals surface area (Å²) in [7, 11) is 0. The molecule has 1 saturated carbocycles. The molecule has 0 amide bonds. The molecule has 1 aromatic rings. The maximum Gasteiger partial charge on any atom is 0.309 e. The molecular formula is C12H17NO2S2. The van der Waals surface area contributed by atoms with Crippen LogP contribution in [0.25, 0.3) is 0 Å². The van der Waals surface area contributed by atoms with Crippen LogP contribution in [0.5, 0.6) is 0 Å². The average molecular weight is 271 g/mol. The summed E-state index contributed by atoms with van der Waals surface area (Å²) in [5.41, 5.74) is 0.693. The van der Waals surface area contributed by atoms with E-state index in [2.05, 4.69) is 4.98 Å². The Morgan fingerprint density at radius 2 is 2.12 bits per heavy atom. The zero-order valence-electron chi connectivity index (χ0n) is 9.72. The molecule has 3 nitrogen and oxygen atoms in total. The van der Waals surface area contributed by atoms with Crippen molar-refractivity contribution in [1.82, 2.24) is 4.98 Å². The van der Waals surface area contributed by atoms with Gasteiger partial charge < -0.3 is 5.11 Å². The van der Waals surface area contributed by atoms with E-state index in [1.807, 2.05) is 17.1 Å². The van der Waals surface area contributed by atoms with Crippen molar-refractivity contribution in [3.63, 3.8) is 0 Å². The Bertz CT molecular complexity index is 370. The number of carboxylic acid groups (broad SMARTS) is 1. The molecule has 0 aromatic carbocycles. The molecule has 1 N–H and O–H groups in total. The topological polar surface area (TPSA) is 50.2 Å². The molecule has 1 aliphatic carbocycles. The van der Waals surface area contributed by atoms with Crippen molar-refractivity contribution in [2.45, 2.75) is 54.5 Å². The molecule has 0 aliphatic heterocycles. The van der Waals surface area contributed by atoms with E-state index in [-0.39, 0.29) is 6.42 Å². The Balaban J connectivity index is 1.89. The molecule has 94 valence electrons. The van der Waals surface area contributed by atoms with E-state index in [9.17, 15) is 4.79 Å². The van der Waals surface area contributed by atoms with Gasteiger partial charge in [-0.2, -0.15) is 0 Å². The quantitative estimate of drug-likeness (QED) is 0.850. The van der Waals surface area contributed by atoms with Crippen molar-refractivity contribution in [3.05, 3.63) is 11.1 Å². The van der Waals surface area contributed by atoms with Crippen molar-refractivity contribution >= 4 is 29.1 Å². The lowest BCUT2D eigenvalue weighted by molar-refractivity contribution is -0.136. The van der Waals surface area contributed by atoms with Gasteiger partial charge >= 0.3 is 5.97 Å². The largest absolute Gasteiger partial charge is 0.481 e. The van der Waals surface area contributed by atoms with Gasteiger partial charge in [0.05, 0.1) is 12.1 Å². The summed E-state index contributed by atoms with van der Waals surface area (Å²) in [5, 5.41) is 11.2. The fraction of sp³-hybridized carbons (Fsp3) is 0.667. The standard InChI is InChI=1S/C12H17NO2S2/c14-11(15)7-9-8-16-12(13-9)17-10-5-3-1-2-4-6-10/h8,10H,1-7H2,(H,14,15). The van der Waals surface area contributed by atoms with Gasteiger partial charge in [0.25, 0.3) is 0 Å². The highest BCUT2D eigenvalue weighted by molar-refractivity contribution is 8.01. The number of thiazole rings is 1. The van der Waals surface area contributed by atoms with Gasteiger partial charge in [-0.1, -0.05) is 37.4 Å². The summed E-state index contributed by atoms with van der Waals surface area (Å²) in [4.78, 5) is 14.9. The van der Waals surface area contributed by atoms with Crippen molar-refractivity contribution < 1.29 is 9.90 Å².